The van der Waals surface area contributed by atoms with Gasteiger partial charge >= 0.3 is 0 Å². The van der Waals surface area contributed by atoms with E-state index in [1.165, 1.54) is 0 Å². The van der Waals surface area contributed by atoms with Crippen LogP contribution < -0.4 is 11.1 Å². The molecule has 0 spiro atoms. The van der Waals surface area contributed by atoms with Crippen LogP contribution in [0, 0.1) is 6.92 Å². The van der Waals surface area contributed by atoms with Crippen molar-refractivity contribution in [1.29, 1.82) is 0 Å². The molecule has 2 heterocycles. The highest BCUT2D eigenvalue weighted by molar-refractivity contribution is 5.78. The summed E-state index contributed by atoms with van der Waals surface area (Å²) in [5.74, 6) is -0.230. The van der Waals surface area contributed by atoms with Gasteiger partial charge in [0.25, 0.3) is 0 Å². The second-order valence-corrected chi connectivity index (χ2v) is 5.02. The maximum atomic E-state index is 10.6. The molecule has 108 valence electrons. The van der Waals surface area contributed by atoms with Gasteiger partial charge < -0.3 is 11.1 Å². The van der Waals surface area contributed by atoms with Gasteiger partial charge in [0.05, 0.1) is 5.69 Å². The topological polar surface area (TPSA) is 85.8 Å². The lowest BCUT2D eigenvalue weighted by molar-refractivity contribution is -0.118. The van der Waals surface area contributed by atoms with Crippen LogP contribution in [0.5, 0.6) is 0 Å². The third-order valence-electron chi connectivity index (χ3n) is 3.28. The normalized spacial score (nSPS) is 11.1. The monoisotopic (exact) mass is 275 g/mol. The number of nitrogens with zero attached hydrogens (tertiary/aromatic N) is 3. The molecule has 0 fully saturated rings. The van der Waals surface area contributed by atoms with Gasteiger partial charge in [-0.15, -0.1) is 0 Å². The predicted molar refractivity (Wildman–Crippen MR) is 78.0 cm³/mol. The molecule has 0 aromatic carbocycles. The second-order valence-electron chi connectivity index (χ2n) is 5.02. The van der Waals surface area contributed by atoms with E-state index < -0.39 is 0 Å². The van der Waals surface area contributed by atoms with Gasteiger partial charge in [-0.2, -0.15) is 5.10 Å². The molecule has 0 unspecified atom stereocenters. The summed E-state index contributed by atoms with van der Waals surface area (Å²) in [6.07, 6.45) is 4.12. The Morgan fingerprint density at radius 1 is 1.45 bits per heavy atom. The van der Waals surface area contributed by atoms with Crippen molar-refractivity contribution >= 4 is 16.9 Å². The van der Waals surface area contributed by atoms with Crippen molar-refractivity contribution in [3.8, 4) is 0 Å². The summed E-state index contributed by atoms with van der Waals surface area (Å²) in [6.45, 7) is 3.64. The molecule has 0 saturated carbocycles. The molecular formula is C14H21N5O. The minimum Gasteiger partial charge on any atom is -0.370 e. The van der Waals surface area contributed by atoms with Crippen molar-refractivity contribution in [3.63, 3.8) is 0 Å². The summed E-state index contributed by atoms with van der Waals surface area (Å²) in [6, 6.07) is 2.13. The molecule has 6 nitrogen and oxygen atoms in total. The molecule has 1 amide bonds. The average molecular weight is 275 g/mol. The van der Waals surface area contributed by atoms with Crippen LogP contribution in [0.4, 0.5) is 0 Å². The molecule has 2 aromatic rings. The van der Waals surface area contributed by atoms with Crippen molar-refractivity contribution in [2.24, 2.45) is 12.8 Å². The molecule has 2 rings (SSSR count). The number of fused-ring (bicyclic) bond motifs is 1. The van der Waals surface area contributed by atoms with E-state index in [0.29, 0.717) is 6.42 Å². The number of aromatic nitrogens is 3. The van der Waals surface area contributed by atoms with Crippen molar-refractivity contribution in [3.05, 3.63) is 23.5 Å². The highest BCUT2D eigenvalue weighted by Gasteiger charge is 2.06. The molecule has 0 aliphatic heterocycles. The van der Waals surface area contributed by atoms with Gasteiger partial charge in [-0.25, -0.2) is 4.98 Å². The molecule has 6 heteroatoms. The first-order valence-electron chi connectivity index (χ1n) is 6.85. The molecule has 3 N–H and O–H groups in total. The van der Waals surface area contributed by atoms with Gasteiger partial charge in [0, 0.05) is 31.6 Å². The Morgan fingerprint density at radius 3 is 3.00 bits per heavy atom. The smallest absolute Gasteiger partial charge is 0.217 e. The second kappa shape index (κ2) is 6.47. The molecule has 2 aromatic heterocycles. The Bertz CT molecular complexity index is 605. The van der Waals surface area contributed by atoms with E-state index >= 15 is 0 Å². The van der Waals surface area contributed by atoms with Crippen LogP contribution in [-0.4, -0.2) is 27.2 Å². The third-order valence-corrected chi connectivity index (χ3v) is 3.28. The van der Waals surface area contributed by atoms with Crippen LogP contribution in [0.3, 0.4) is 0 Å². The van der Waals surface area contributed by atoms with Crippen LogP contribution in [0.15, 0.2) is 12.3 Å². The Kier molecular flexibility index (Phi) is 4.68. The molecule has 0 radical (unpaired) electrons. The number of hydrogen-bond donors (Lipinski definition) is 2. The molecule has 0 bridgehead atoms. The number of nitrogens with one attached hydrogen (secondary N) is 1. The zero-order valence-electron chi connectivity index (χ0n) is 12.0. The predicted octanol–water partition coefficient (Wildman–Crippen LogP) is 1.02. The van der Waals surface area contributed by atoms with E-state index in [2.05, 4.69) is 21.5 Å². The zero-order chi connectivity index (χ0) is 14.5. The number of amides is 1. The number of carbonyl (C=O) groups excluding carboxylic acids is 1. The molecule has 0 atom stereocenters. The van der Waals surface area contributed by atoms with E-state index in [1.807, 2.05) is 20.2 Å². The number of unbranched alkanes of at least 4 members (excludes halogenated alkanes) is 1. The van der Waals surface area contributed by atoms with Crippen LogP contribution in [0.1, 0.15) is 30.5 Å². The number of carbonyl (C=O) groups is 1. The van der Waals surface area contributed by atoms with Gasteiger partial charge in [0.15, 0.2) is 5.65 Å². The van der Waals surface area contributed by atoms with Crippen molar-refractivity contribution in [1.82, 2.24) is 20.1 Å². The summed E-state index contributed by atoms with van der Waals surface area (Å²) < 4.78 is 1.80. The number of nitrogens with two attached hydrogens (primary N) is 1. The van der Waals surface area contributed by atoms with Crippen LogP contribution in [-0.2, 0) is 18.4 Å². The third kappa shape index (κ3) is 3.54. The number of aryl methyl sites for hydroxylation is 2. The summed E-state index contributed by atoms with van der Waals surface area (Å²) in [4.78, 5) is 15.0. The lowest BCUT2D eigenvalue weighted by Crippen LogP contribution is -2.16. The van der Waals surface area contributed by atoms with E-state index in [0.717, 1.165) is 48.2 Å². The first-order valence-corrected chi connectivity index (χ1v) is 6.85. The Labute approximate surface area is 118 Å². The molecule has 20 heavy (non-hydrogen) atoms. The van der Waals surface area contributed by atoms with Gasteiger partial charge in [-0.05, 0) is 37.9 Å². The Balaban J connectivity index is 1.84. The highest BCUT2D eigenvalue weighted by Crippen LogP contribution is 2.16. The molecule has 0 saturated heterocycles. The SMILES string of the molecule is Cc1nn(C)c2ncc(CNCCCCC(N)=O)cc12. The number of primary amides is 1. The summed E-state index contributed by atoms with van der Waals surface area (Å²) >= 11 is 0. The summed E-state index contributed by atoms with van der Waals surface area (Å²) in [5, 5.41) is 8.80. The largest absolute Gasteiger partial charge is 0.370 e. The van der Waals surface area contributed by atoms with Crippen molar-refractivity contribution in [2.45, 2.75) is 32.7 Å². The van der Waals surface area contributed by atoms with E-state index in [9.17, 15) is 4.79 Å². The van der Waals surface area contributed by atoms with Crippen LogP contribution >= 0.6 is 0 Å². The average Bonchev–Trinajstić information content (AvgIpc) is 2.69. The number of hydrogen-bond acceptors (Lipinski definition) is 4. The lowest BCUT2D eigenvalue weighted by atomic mass is 10.2. The van der Waals surface area contributed by atoms with Gasteiger partial charge in [-0.1, -0.05) is 0 Å². The fourth-order valence-electron chi connectivity index (χ4n) is 2.23. The van der Waals surface area contributed by atoms with Gasteiger partial charge in [0.1, 0.15) is 0 Å². The van der Waals surface area contributed by atoms with Crippen LogP contribution in [0.25, 0.3) is 11.0 Å². The van der Waals surface area contributed by atoms with Gasteiger partial charge in [-0.3, -0.25) is 9.48 Å². The van der Waals surface area contributed by atoms with E-state index in [4.69, 9.17) is 5.73 Å². The highest BCUT2D eigenvalue weighted by atomic mass is 16.1. The maximum Gasteiger partial charge on any atom is 0.217 e. The minimum absolute atomic E-state index is 0.230. The lowest BCUT2D eigenvalue weighted by Gasteiger charge is -2.04. The van der Waals surface area contributed by atoms with E-state index in [1.54, 1.807) is 4.68 Å². The van der Waals surface area contributed by atoms with Crippen molar-refractivity contribution < 1.29 is 4.79 Å². The van der Waals surface area contributed by atoms with E-state index in [-0.39, 0.29) is 5.91 Å². The Hall–Kier alpha value is -1.95. The number of pyridine rings is 1. The fourth-order valence-corrected chi connectivity index (χ4v) is 2.23. The minimum atomic E-state index is -0.230. The molecule has 0 aliphatic rings. The first-order chi connectivity index (χ1) is 9.58. The van der Waals surface area contributed by atoms with Gasteiger partial charge in [0.2, 0.25) is 5.91 Å². The quantitative estimate of drug-likeness (QED) is 0.739. The maximum absolute atomic E-state index is 10.6. The number of rotatable bonds is 7. The molecular weight excluding hydrogens is 254 g/mol. The van der Waals surface area contributed by atoms with Crippen LogP contribution in [0.2, 0.25) is 0 Å². The Morgan fingerprint density at radius 2 is 2.25 bits per heavy atom. The first kappa shape index (κ1) is 14.5. The summed E-state index contributed by atoms with van der Waals surface area (Å²) in [7, 11) is 1.90. The fraction of sp³-hybridized carbons (Fsp3) is 0.500. The standard InChI is InChI=1S/C14H21N5O/c1-10-12-7-11(9-17-14(12)19(2)18-10)8-16-6-4-3-5-13(15)20/h7,9,16H,3-6,8H2,1-2H3,(H2,15,20). The zero-order valence-corrected chi connectivity index (χ0v) is 12.0. The van der Waals surface area contributed by atoms with Crippen molar-refractivity contribution in [2.75, 3.05) is 6.54 Å². The summed E-state index contributed by atoms with van der Waals surface area (Å²) in [5.41, 5.74) is 8.14. The molecule has 0 aliphatic carbocycles.